The molecule has 0 aliphatic carbocycles. The molecule has 0 fully saturated rings. The third kappa shape index (κ3) is 4.01. The van der Waals surface area contributed by atoms with Crippen molar-refractivity contribution < 1.29 is 5.11 Å². The predicted molar refractivity (Wildman–Crippen MR) is 110 cm³/mol. The second-order valence-corrected chi connectivity index (χ2v) is 6.73. The van der Waals surface area contributed by atoms with E-state index in [9.17, 15) is 5.11 Å². The average molecular weight is 357 g/mol. The van der Waals surface area contributed by atoms with Gasteiger partial charge in [0.05, 0.1) is 6.61 Å². The molecule has 136 valence electrons. The number of para-hydroxylation sites is 1. The topological polar surface area (TPSA) is 60.9 Å². The third-order valence-electron chi connectivity index (χ3n) is 4.89. The van der Waals surface area contributed by atoms with Gasteiger partial charge in [0.15, 0.2) is 0 Å². The standard InChI is InChI=1S/C23H23N3O/c27-16-19-14-24-13-12-22(19)26-20-10-8-17(9-11-20)4-3-5-18-15-25-23-7-2-1-6-21(18)23/h1-2,6-15,25,27H,3-5,16H2,(H,24,26). The molecule has 0 unspecified atom stereocenters. The van der Waals surface area contributed by atoms with Crippen molar-refractivity contribution in [2.45, 2.75) is 25.9 Å². The molecule has 3 N–H and O–H groups in total. The van der Waals surface area contributed by atoms with Gasteiger partial charge < -0.3 is 15.4 Å². The Morgan fingerprint density at radius 3 is 2.63 bits per heavy atom. The Morgan fingerprint density at radius 2 is 1.78 bits per heavy atom. The molecule has 0 saturated carbocycles. The van der Waals surface area contributed by atoms with Gasteiger partial charge in [0, 0.05) is 46.4 Å². The highest BCUT2D eigenvalue weighted by molar-refractivity contribution is 5.83. The van der Waals surface area contributed by atoms with Crippen LogP contribution in [0, 0.1) is 0 Å². The normalized spacial score (nSPS) is 11.0. The van der Waals surface area contributed by atoms with Crippen LogP contribution in [0.25, 0.3) is 10.9 Å². The summed E-state index contributed by atoms with van der Waals surface area (Å²) in [5.74, 6) is 0. The lowest BCUT2D eigenvalue weighted by atomic mass is 10.0. The van der Waals surface area contributed by atoms with E-state index in [-0.39, 0.29) is 6.61 Å². The number of pyridine rings is 1. The number of anilines is 2. The maximum Gasteiger partial charge on any atom is 0.0717 e. The van der Waals surface area contributed by atoms with Crippen LogP contribution in [0.3, 0.4) is 0 Å². The summed E-state index contributed by atoms with van der Waals surface area (Å²) in [6, 6.07) is 18.8. The zero-order valence-electron chi connectivity index (χ0n) is 15.2. The molecule has 4 aromatic rings. The second-order valence-electron chi connectivity index (χ2n) is 6.73. The van der Waals surface area contributed by atoms with Crippen molar-refractivity contribution in [3.05, 3.63) is 89.9 Å². The van der Waals surface area contributed by atoms with Gasteiger partial charge in [-0.25, -0.2) is 0 Å². The van der Waals surface area contributed by atoms with Gasteiger partial charge in [-0.1, -0.05) is 30.3 Å². The summed E-state index contributed by atoms with van der Waals surface area (Å²) in [5, 5.41) is 14.1. The number of nitrogens with one attached hydrogen (secondary N) is 2. The first kappa shape index (κ1) is 17.3. The smallest absolute Gasteiger partial charge is 0.0717 e. The summed E-state index contributed by atoms with van der Waals surface area (Å²) in [6.45, 7) is -0.0257. The maximum absolute atomic E-state index is 9.40. The minimum Gasteiger partial charge on any atom is -0.392 e. The lowest BCUT2D eigenvalue weighted by molar-refractivity contribution is 0.282. The number of hydrogen-bond acceptors (Lipinski definition) is 3. The molecule has 0 amide bonds. The molecule has 4 rings (SSSR count). The lowest BCUT2D eigenvalue weighted by Gasteiger charge is -2.10. The number of hydrogen-bond donors (Lipinski definition) is 3. The number of benzene rings is 2. The van der Waals surface area contributed by atoms with Crippen molar-refractivity contribution in [3.8, 4) is 0 Å². The summed E-state index contributed by atoms with van der Waals surface area (Å²) < 4.78 is 0. The van der Waals surface area contributed by atoms with Crippen molar-refractivity contribution in [2.75, 3.05) is 5.32 Å². The van der Waals surface area contributed by atoms with Gasteiger partial charge in [0.2, 0.25) is 0 Å². The van der Waals surface area contributed by atoms with Gasteiger partial charge >= 0.3 is 0 Å². The highest BCUT2D eigenvalue weighted by Gasteiger charge is 2.04. The molecule has 0 aliphatic heterocycles. The van der Waals surface area contributed by atoms with Gasteiger partial charge in [0.25, 0.3) is 0 Å². The Hall–Kier alpha value is -3.11. The number of rotatable bonds is 7. The molecule has 0 bridgehead atoms. The van der Waals surface area contributed by atoms with E-state index in [1.807, 2.05) is 6.07 Å². The van der Waals surface area contributed by atoms with Gasteiger partial charge in [-0.2, -0.15) is 0 Å². The van der Waals surface area contributed by atoms with Crippen LogP contribution in [0.5, 0.6) is 0 Å². The van der Waals surface area contributed by atoms with Gasteiger partial charge in [-0.3, -0.25) is 4.98 Å². The molecular formula is C23H23N3O. The first-order chi connectivity index (χ1) is 13.3. The molecule has 27 heavy (non-hydrogen) atoms. The monoisotopic (exact) mass is 357 g/mol. The highest BCUT2D eigenvalue weighted by Crippen LogP contribution is 2.22. The van der Waals surface area contributed by atoms with Crippen molar-refractivity contribution >= 4 is 22.3 Å². The molecule has 4 heteroatoms. The molecule has 2 aromatic heterocycles. The van der Waals surface area contributed by atoms with Gasteiger partial charge in [-0.05, 0) is 54.7 Å². The quantitative estimate of drug-likeness (QED) is 0.437. The van der Waals surface area contributed by atoms with Crippen LogP contribution in [-0.2, 0) is 19.4 Å². The molecule has 0 atom stereocenters. The molecule has 0 aliphatic rings. The zero-order chi connectivity index (χ0) is 18.5. The van der Waals surface area contributed by atoms with Crippen LogP contribution in [0.1, 0.15) is 23.1 Å². The zero-order valence-corrected chi connectivity index (χ0v) is 15.2. The summed E-state index contributed by atoms with van der Waals surface area (Å²) in [6.07, 6.45) is 8.78. The molecule has 0 spiro atoms. The van der Waals surface area contributed by atoms with Crippen molar-refractivity contribution in [1.29, 1.82) is 0 Å². The minimum absolute atomic E-state index is 0.0257. The molecular weight excluding hydrogens is 334 g/mol. The molecule has 0 saturated heterocycles. The van der Waals surface area contributed by atoms with E-state index in [4.69, 9.17) is 0 Å². The van der Waals surface area contributed by atoms with E-state index in [1.165, 1.54) is 22.0 Å². The fourth-order valence-corrected chi connectivity index (χ4v) is 3.41. The third-order valence-corrected chi connectivity index (χ3v) is 4.89. The van der Waals surface area contributed by atoms with E-state index in [0.29, 0.717) is 0 Å². The Bertz CT molecular complexity index is 1020. The second kappa shape index (κ2) is 8.06. The van der Waals surface area contributed by atoms with Gasteiger partial charge in [-0.15, -0.1) is 0 Å². The number of nitrogens with zero attached hydrogens (tertiary/aromatic N) is 1. The number of aliphatic hydroxyl groups is 1. The number of aromatic nitrogens is 2. The van der Waals surface area contributed by atoms with Crippen LogP contribution in [0.2, 0.25) is 0 Å². The van der Waals surface area contributed by atoms with Crippen LogP contribution in [0.4, 0.5) is 11.4 Å². The predicted octanol–water partition coefficient (Wildman–Crippen LogP) is 4.97. The number of fused-ring (bicyclic) bond motifs is 1. The van der Waals surface area contributed by atoms with Crippen LogP contribution >= 0.6 is 0 Å². The molecule has 2 aromatic carbocycles. The van der Waals surface area contributed by atoms with Crippen LogP contribution < -0.4 is 5.32 Å². The number of aromatic amines is 1. The Balaban J connectivity index is 1.35. The fourth-order valence-electron chi connectivity index (χ4n) is 3.41. The maximum atomic E-state index is 9.40. The van der Waals surface area contributed by atoms with E-state index in [0.717, 1.165) is 36.2 Å². The summed E-state index contributed by atoms with van der Waals surface area (Å²) in [5.41, 5.74) is 6.62. The SMILES string of the molecule is OCc1cnccc1Nc1ccc(CCCc2c[nH]c3ccccc23)cc1. The van der Waals surface area contributed by atoms with Crippen LogP contribution in [-0.4, -0.2) is 15.1 Å². The van der Waals surface area contributed by atoms with Crippen molar-refractivity contribution in [1.82, 2.24) is 9.97 Å². The number of H-pyrrole nitrogens is 1. The minimum atomic E-state index is -0.0257. The summed E-state index contributed by atoms with van der Waals surface area (Å²) in [7, 11) is 0. The summed E-state index contributed by atoms with van der Waals surface area (Å²) in [4.78, 5) is 7.39. The average Bonchev–Trinajstić information content (AvgIpc) is 3.13. The Labute approximate surface area is 158 Å². The van der Waals surface area contributed by atoms with E-state index in [1.54, 1.807) is 12.4 Å². The lowest BCUT2D eigenvalue weighted by Crippen LogP contribution is -1.97. The van der Waals surface area contributed by atoms with Crippen molar-refractivity contribution in [2.24, 2.45) is 0 Å². The fraction of sp³-hybridized carbons (Fsp3) is 0.174. The largest absolute Gasteiger partial charge is 0.392 e. The van der Waals surface area contributed by atoms with Gasteiger partial charge in [0.1, 0.15) is 0 Å². The van der Waals surface area contributed by atoms with E-state index >= 15 is 0 Å². The van der Waals surface area contributed by atoms with E-state index < -0.39 is 0 Å². The number of aryl methyl sites for hydroxylation is 2. The highest BCUT2D eigenvalue weighted by atomic mass is 16.3. The van der Waals surface area contributed by atoms with E-state index in [2.05, 4.69) is 70.0 Å². The Morgan fingerprint density at radius 1 is 0.926 bits per heavy atom. The van der Waals surface area contributed by atoms with Crippen LogP contribution in [0.15, 0.2) is 73.2 Å². The Kier molecular flexibility index (Phi) is 5.17. The molecule has 4 nitrogen and oxygen atoms in total. The molecule has 2 heterocycles. The number of aliphatic hydroxyl groups excluding tert-OH is 1. The summed E-state index contributed by atoms with van der Waals surface area (Å²) >= 11 is 0. The first-order valence-corrected chi connectivity index (χ1v) is 9.28. The van der Waals surface area contributed by atoms with Crippen molar-refractivity contribution in [3.63, 3.8) is 0 Å². The molecule has 0 radical (unpaired) electrons. The first-order valence-electron chi connectivity index (χ1n) is 9.28.